The van der Waals surface area contributed by atoms with E-state index in [1.165, 1.54) is 24.0 Å². The SMILES string of the molecule is CCC1(C(F)(F)F)NNC2C=Cc3cc(COc4cc(F)cc(C5(OC)CCOCC5)c4)ccc3N21. The lowest BCUT2D eigenvalue weighted by Crippen LogP contribution is -2.63. The summed E-state index contributed by atoms with van der Waals surface area (Å²) in [6.45, 7) is 2.69. The number of hydrazine groups is 1. The molecule has 3 aliphatic heterocycles. The zero-order chi connectivity index (χ0) is 25.6. The maximum Gasteiger partial charge on any atom is 0.426 e. The third kappa shape index (κ3) is 4.15. The van der Waals surface area contributed by atoms with Gasteiger partial charge in [-0.25, -0.2) is 15.2 Å². The predicted molar refractivity (Wildman–Crippen MR) is 127 cm³/mol. The van der Waals surface area contributed by atoms with Gasteiger partial charge >= 0.3 is 6.18 Å². The van der Waals surface area contributed by atoms with E-state index in [1.807, 2.05) is 0 Å². The molecule has 0 saturated carbocycles. The van der Waals surface area contributed by atoms with E-state index in [1.54, 1.807) is 43.5 Å². The molecule has 36 heavy (non-hydrogen) atoms. The van der Waals surface area contributed by atoms with Crippen LogP contribution in [-0.4, -0.2) is 38.3 Å². The minimum atomic E-state index is -4.49. The number of hydrogen-bond donors (Lipinski definition) is 2. The first kappa shape index (κ1) is 25.0. The van der Waals surface area contributed by atoms with Gasteiger partial charge in [0.25, 0.3) is 0 Å². The molecule has 194 valence electrons. The highest BCUT2D eigenvalue weighted by atomic mass is 19.4. The van der Waals surface area contributed by atoms with Crippen molar-refractivity contribution in [3.05, 3.63) is 65.0 Å². The van der Waals surface area contributed by atoms with Gasteiger partial charge in [0.05, 0.1) is 5.60 Å². The molecule has 10 heteroatoms. The minimum absolute atomic E-state index is 0.130. The summed E-state index contributed by atoms with van der Waals surface area (Å²) in [4.78, 5) is 1.34. The van der Waals surface area contributed by atoms with E-state index in [0.717, 1.165) is 5.56 Å². The molecule has 6 nitrogen and oxygen atoms in total. The van der Waals surface area contributed by atoms with Gasteiger partial charge in [-0.05, 0) is 53.5 Å². The number of fused-ring (bicyclic) bond motifs is 3. The van der Waals surface area contributed by atoms with Crippen LogP contribution in [0.15, 0.2) is 42.5 Å². The Labute approximate surface area is 207 Å². The fraction of sp³-hybridized carbons (Fsp3) is 0.462. The maximum absolute atomic E-state index is 14.5. The fourth-order valence-corrected chi connectivity index (χ4v) is 5.34. The second-order valence-corrected chi connectivity index (χ2v) is 9.32. The Kier molecular flexibility index (Phi) is 6.48. The van der Waals surface area contributed by atoms with Crippen LogP contribution >= 0.6 is 0 Å². The van der Waals surface area contributed by atoms with Crippen molar-refractivity contribution in [1.29, 1.82) is 0 Å². The molecule has 0 spiro atoms. The van der Waals surface area contributed by atoms with Crippen LogP contribution in [0, 0.1) is 5.82 Å². The monoisotopic (exact) mass is 507 g/mol. The number of methoxy groups -OCH3 is 1. The predicted octanol–water partition coefficient (Wildman–Crippen LogP) is 4.99. The standard InChI is InChI=1S/C26H29F4N3O3/c1-3-25(26(28,29)30)32-31-23-7-5-18-12-17(4-6-22(18)33(23)25)16-36-21-14-19(13-20(27)15-21)24(34-2)8-10-35-11-9-24/h4-7,12-15,23,31-32H,3,8-11,16H2,1-2H3. The van der Waals surface area contributed by atoms with E-state index in [2.05, 4.69) is 10.9 Å². The van der Waals surface area contributed by atoms with Crippen LogP contribution in [0.25, 0.3) is 6.08 Å². The molecule has 2 unspecified atom stereocenters. The summed E-state index contributed by atoms with van der Waals surface area (Å²) in [5, 5.41) is 0. The van der Waals surface area contributed by atoms with Gasteiger partial charge < -0.3 is 19.1 Å². The van der Waals surface area contributed by atoms with E-state index >= 15 is 0 Å². The zero-order valence-corrected chi connectivity index (χ0v) is 20.1. The van der Waals surface area contributed by atoms with E-state index in [0.29, 0.717) is 48.6 Å². The summed E-state index contributed by atoms with van der Waals surface area (Å²) < 4.78 is 73.9. The van der Waals surface area contributed by atoms with Crippen LogP contribution in [0.3, 0.4) is 0 Å². The first-order chi connectivity index (χ1) is 17.2. The molecule has 5 rings (SSSR count). The van der Waals surface area contributed by atoms with Crippen LogP contribution in [0.2, 0.25) is 0 Å². The molecule has 2 aromatic rings. The minimum Gasteiger partial charge on any atom is -0.489 e. The van der Waals surface area contributed by atoms with Gasteiger partial charge in [0.15, 0.2) is 0 Å². The van der Waals surface area contributed by atoms with Gasteiger partial charge in [0.1, 0.15) is 24.3 Å². The maximum atomic E-state index is 14.5. The first-order valence-corrected chi connectivity index (χ1v) is 12.0. The lowest BCUT2D eigenvalue weighted by molar-refractivity contribution is -0.193. The molecule has 0 radical (unpaired) electrons. The van der Waals surface area contributed by atoms with Crippen molar-refractivity contribution in [2.24, 2.45) is 0 Å². The van der Waals surface area contributed by atoms with Gasteiger partial charge in [-0.15, -0.1) is 0 Å². The molecule has 3 aliphatic rings. The number of nitrogens with zero attached hydrogens (tertiary/aromatic N) is 1. The number of benzene rings is 2. The zero-order valence-electron chi connectivity index (χ0n) is 20.1. The lowest BCUT2D eigenvalue weighted by Gasteiger charge is -2.42. The number of halogens is 4. The van der Waals surface area contributed by atoms with Gasteiger partial charge in [0, 0.05) is 44.9 Å². The third-order valence-electron chi connectivity index (χ3n) is 7.40. The smallest absolute Gasteiger partial charge is 0.426 e. The number of nitrogens with one attached hydrogen (secondary N) is 2. The molecule has 2 aromatic carbocycles. The van der Waals surface area contributed by atoms with Crippen LogP contribution in [0.4, 0.5) is 23.2 Å². The second kappa shape index (κ2) is 9.33. The fourth-order valence-electron chi connectivity index (χ4n) is 5.34. The Morgan fingerprint density at radius 2 is 1.92 bits per heavy atom. The molecule has 0 aromatic heterocycles. The van der Waals surface area contributed by atoms with Crippen LogP contribution in [0.1, 0.15) is 42.9 Å². The molecular weight excluding hydrogens is 478 g/mol. The summed E-state index contributed by atoms with van der Waals surface area (Å²) in [7, 11) is 1.61. The quantitative estimate of drug-likeness (QED) is 0.538. The Hall–Kier alpha value is -2.66. The van der Waals surface area contributed by atoms with Gasteiger partial charge in [0.2, 0.25) is 5.66 Å². The van der Waals surface area contributed by atoms with E-state index in [9.17, 15) is 17.6 Å². The molecule has 2 saturated heterocycles. The van der Waals surface area contributed by atoms with Crippen LogP contribution in [0.5, 0.6) is 5.75 Å². The van der Waals surface area contributed by atoms with Gasteiger partial charge in [-0.1, -0.05) is 19.1 Å². The van der Waals surface area contributed by atoms with Crippen molar-refractivity contribution in [3.8, 4) is 5.75 Å². The van der Waals surface area contributed by atoms with Crippen molar-refractivity contribution in [3.63, 3.8) is 0 Å². The van der Waals surface area contributed by atoms with Crippen molar-refractivity contribution in [2.45, 2.75) is 56.4 Å². The molecule has 2 N–H and O–H groups in total. The third-order valence-corrected chi connectivity index (χ3v) is 7.40. The van der Waals surface area contributed by atoms with Gasteiger partial charge in [-0.3, -0.25) is 0 Å². The molecule has 2 atom stereocenters. The summed E-state index contributed by atoms with van der Waals surface area (Å²) in [5.74, 6) is -0.0711. The summed E-state index contributed by atoms with van der Waals surface area (Å²) in [6.07, 6.45) is -0.568. The summed E-state index contributed by atoms with van der Waals surface area (Å²) in [6, 6.07) is 9.76. The summed E-state index contributed by atoms with van der Waals surface area (Å²) in [5.41, 5.74) is 4.94. The summed E-state index contributed by atoms with van der Waals surface area (Å²) >= 11 is 0. The average Bonchev–Trinajstić information content (AvgIpc) is 3.28. The Morgan fingerprint density at radius 1 is 1.14 bits per heavy atom. The van der Waals surface area contributed by atoms with E-state index in [4.69, 9.17) is 14.2 Å². The van der Waals surface area contributed by atoms with Crippen LogP contribution in [-0.2, 0) is 21.7 Å². The molecule has 3 heterocycles. The molecule has 0 bridgehead atoms. The van der Waals surface area contributed by atoms with Crippen molar-refractivity contribution < 1.29 is 31.8 Å². The molecule has 2 fully saturated rings. The lowest BCUT2D eigenvalue weighted by atomic mass is 9.86. The number of hydrogen-bond acceptors (Lipinski definition) is 6. The Morgan fingerprint density at radius 3 is 2.61 bits per heavy atom. The molecular formula is C26H29F4N3O3. The molecule has 0 aliphatic carbocycles. The number of alkyl halides is 3. The highest BCUT2D eigenvalue weighted by molar-refractivity contribution is 5.74. The van der Waals surface area contributed by atoms with E-state index < -0.39 is 29.4 Å². The highest BCUT2D eigenvalue weighted by Gasteiger charge is 2.62. The Bertz CT molecular complexity index is 1150. The van der Waals surface area contributed by atoms with Gasteiger partial charge in [-0.2, -0.15) is 13.2 Å². The number of ether oxygens (including phenoxy) is 3. The second-order valence-electron chi connectivity index (χ2n) is 9.32. The van der Waals surface area contributed by atoms with Crippen molar-refractivity contribution in [1.82, 2.24) is 10.9 Å². The first-order valence-electron chi connectivity index (χ1n) is 12.0. The largest absolute Gasteiger partial charge is 0.489 e. The molecule has 0 amide bonds. The highest BCUT2D eigenvalue weighted by Crippen LogP contribution is 2.45. The Balaban J connectivity index is 1.37. The van der Waals surface area contributed by atoms with Crippen molar-refractivity contribution in [2.75, 3.05) is 25.2 Å². The number of rotatable bonds is 6. The van der Waals surface area contributed by atoms with Crippen molar-refractivity contribution >= 4 is 11.8 Å². The topological polar surface area (TPSA) is 55.0 Å². The van der Waals surface area contributed by atoms with E-state index in [-0.39, 0.29) is 13.0 Å². The average molecular weight is 508 g/mol. The normalized spacial score (nSPS) is 24.9. The number of anilines is 1. The van der Waals surface area contributed by atoms with Crippen LogP contribution < -0.4 is 20.5 Å².